The molecule has 19 heavy (non-hydrogen) atoms. The third-order valence-electron chi connectivity index (χ3n) is 3.99. The van der Waals surface area contributed by atoms with Crippen LogP contribution in [0.2, 0.25) is 0 Å². The molecule has 102 valence electrons. The number of hydrogen-bond acceptors (Lipinski definition) is 3. The highest BCUT2D eigenvalue weighted by Crippen LogP contribution is 2.41. The summed E-state index contributed by atoms with van der Waals surface area (Å²) in [4.78, 5) is 26.0. The Balaban J connectivity index is 2.43. The number of halogens is 1. The van der Waals surface area contributed by atoms with Crippen molar-refractivity contribution < 1.29 is 9.59 Å². The number of carbonyl (C=O) groups is 2. The Morgan fingerprint density at radius 2 is 1.95 bits per heavy atom. The maximum atomic E-state index is 12.6. The molecule has 1 heterocycles. The van der Waals surface area contributed by atoms with Crippen LogP contribution in [0.25, 0.3) is 0 Å². The second kappa shape index (κ2) is 4.96. The van der Waals surface area contributed by atoms with E-state index in [0.29, 0.717) is 35.1 Å². The van der Waals surface area contributed by atoms with Crippen LogP contribution in [0, 0.1) is 5.41 Å². The minimum absolute atomic E-state index is 0.0980. The van der Waals surface area contributed by atoms with Gasteiger partial charge in [-0.05, 0) is 47.0 Å². The lowest BCUT2D eigenvalue weighted by atomic mass is 9.81. The maximum Gasteiger partial charge on any atom is 0.240 e. The smallest absolute Gasteiger partial charge is 0.240 e. The van der Waals surface area contributed by atoms with Crippen molar-refractivity contribution in [3.8, 4) is 0 Å². The molecule has 2 N–H and O–H groups in total. The van der Waals surface area contributed by atoms with Crippen LogP contribution in [0.3, 0.4) is 0 Å². The first-order valence-electron chi connectivity index (χ1n) is 6.37. The third-order valence-corrected chi connectivity index (χ3v) is 4.68. The van der Waals surface area contributed by atoms with Gasteiger partial charge in [0.25, 0.3) is 0 Å². The lowest BCUT2D eigenvalue weighted by molar-refractivity contribution is -0.126. The van der Waals surface area contributed by atoms with Crippen LogP contribution in [0.5, 0.6) is 0 Å². The van der Waals surface area contributed by atoms with Crippen molar-refractivity contribution in [1.29, 1.82) is 0 Å². The Hall–Kier alpha value is -1.36. The summed E-state index contributed by atoms with van der Waals surface area (Å²) in [6, 6.07) is 5.11. The highest BCUT2D eigenvalue weighted by molar-refractivity contribution is 9.10. The molecule has 1 fully saturated rings. The maximum absolute atomic E-state index is 12.6. The summed E-state index contributed by atoms with van der Waals surface area (Å²) in [5, 5.41) is 0. The van der Waals surface area contributed by atoms with E-state index in [1.54, 1.807) is 18.2 Å². The molecule has 1 aromatic rings. The van der Waals surface area contributed by atoms with Crippen LogP contribution in [0.15, 0.2) is 22.7 Å². The SMILES string of the molecule is CCC1(CC)CC(=O)N(c2ccc(N)c(Br)c2)C1=O. The monoisotopic (exact) mass is 324 g/mol. The van der Waals surface area contributed by atoms with E-state index in [1.165, 1.54) is 4.90 Å². The lowest BCUT2D eigenvalue weighted by Gasteiger charge is -2.23. The summed E-state index contributed by atoms with van der Waals surface area (Å²) >= 11 is 3.32. The van der Waals surface area contributed by atoms with Crippen molar-refractivity contribution in [3.63, 3.8) is 0 Å². The number of carbonyl (C=O) groups excluding carboxylic acids is 2. The molecule has 1 aliphatic heterocycles. The summed E-state index contributed by atoms with van der Waals surface area (Å²) in [6.45, 7) is 3.91. The number of rotatable bonds is 3. The zero-order valence-electron chi connectivity index (χ0n) is 11.1. The van der Waals surface area contributed by atoms with Crippen molar-refractivity contribution in [2.24, 2.45) is 5.41 Å². The highest BCUT2D eigenvalue weighted by atomic mass is 79.9. The fourth-order valence-corrected chi connectivity index (χ4v) is 2.88. The van der Waals surface area contributed by atoms with Crippen molar-refractivity contribution in [2.75, 3.05) is 10.6 Å². The Bertz CT molecular complexity index is 538. The summed E-state index contributed by atoms with van der Waals surface area (Å²) in [5.74, 6) is -0.232. The highest BCUT2D eigenvalue weighted by Gasteiger charge is 2.49. The normalized spacial score (nSPS) is 18.2. The first-order valence-corrected chi connectivity index (χ1v) is 7.17. The fraction of sp³-hybridized carbons (Fsp3) is 0.429. The average molecular weight is 325 g/mol. The number of nitrogens with two attached hydrogens (primary N) is 1. The summed E-state index contributed by atoms with van der Waals surface area (Å²) in [6.07, 6.45) is 1.66. The van der Waals surface area contributed by atoms with Gasteiger partial charge in [-0.25, -0.2) is 0 Å². The van der Waals surface area contributed by atoms with E-state index in [4.69, 9.17) is 5.73 Å². The van der Waals surface area contributed by atoms with E-state index in [1.807, 2.05) is 13.8 Å². The lowest BCUT2D eigenvalue weighted by Crippen LogP contribution is -2.35. The van der Waals surface area contributed by atoms with E-state index < -0.39 is 5.41 Å². The second-order valence-corrected chi connectivity index (χ2v) is 5.76. The molecule has 2 rings (SSSR count). The number of imide groups is 1. The van der Waals surface area contributed by atoms with Gasteiger partial charge in [0.15, 0.2) is 0 Å². The molecule has 0 bridgehead atoms. The van der Waals surface area contributed by atoms with Crippen molar-refractivity contribution in [3.05, 3.63) is 22.7 Å². The fourth-order valence-electron chi connectivity index (χ4n) is 2.51. The minimum Gasteiger partial charge on any atom is -0.398 e. The zero-order chi connectivity index (χ0) is 14.2. The van der Waals surface area contributed by atoms with Gasteiger partial charge < -0.3 is 5.73 Å². The van der Waals surface area contributed by atoms with Crippen LogP contribution in [-0.4, -0.2) is 11.8 Å². The standard InChI is InChI=1S/C14H17BrN2O2/c1-3-14(4-2)8-12(18)17(13(14)19)9-5-6-11(16)10(15)7-9/h5-7H,3-4,8,16H2,1-2H3. The van der Waals surface area contributed by atoms with Crippen molar-refractivity contribution >= 4 is 39.1 Å². The van der Waals surface area contributed by atoms with E-state index in [-0.39, 0.29) is 11.8 Å². The Kier molecular flexibility index (Phi) is 3.67. The first kappa shape index (κ1) is 14.1. The molecule has 2 amide bonds. The van der Waals surface area contributed by atoms with E-state index in [9.17, 15) is 9.59 Å². The van der Waals surface area contributed by atoms with E-state index in [2.05, 4.69) is 15.9 Å². The predicted molar refractivity (Wildman–Crippen MR) is 78.7 cm³/mol. The third kappa shape index (κ3) is 2.16. The van der Waals surface area contributed by atoms with Crippen molar-refractivity contribution in [2.45, 2.75) is 33.1 Å². The molecule has 4 nitrogen and oxygen atoms in total. The molecule has 0 unspecified atom stereocenters. The first-order chi connectivity index (χ1) is 8.95. The number of nitrogens with zero attached hydrogens (tertiary/aromatic N) is 1. The molecule has 0 saturated carbocycles. The second-order valence-electron chi connectivity index (χ2n) is 4.90. The number of anilines is 2. The largest absolute Gasteiger partial charge is 0.398 e. The quantitative estimate of drug-likeness (QED) is 0.686. The number of benzene rings is 1. The van der Waals surface area contributed by atoms with Crippen LogP contribution in [-0.2, 0) is 9.59 Å². The van der Waals surface area contributed by atoms with Gasteiger partial charge in [0.2, 0.25) is 11.8 Å². The molecule has 1 aliphatic rings. The van der Waals surface area contributed by atoms with Gasteiger partial charge in [-0.1, -0.05) is 13.8 Å². The molecule has 5 heteroatoms. The van der Waals surface area contributed by atoms with Gasteiger partial charge >= 0.3 is 0 Å². The average Bonchev–Trinajstić information content (AvgIpc) is 2.65. The van der Waals surface area contributed by atoms with Crippen LogP contribution >= 0.6 is 15.9 Å². The minimum atomic E-state index is -0.537. The number of hydrogen-bond donors (Lipinski definition) is 1. The zero-order valence-corrected chi connectivity index (χ0v) is 12.7. The Morgan fingerprint density at radius 1 is 1.32 bits per heavy atom. The van der Waals surface area contributed by atoms with Gasteiger partial charge in [0.05, 0.1) is 11.1 Å². The molecular weight excluding hydrogens is 308 g/mol. The summed E-state index contributed by atoms with van der Waals surface area (Å²) in [5.41, 5.74) is 6.36. The van der Waals surface area contributed by atoms with E-state index in [0.717, 1.165) is 0 Å². The Morgan fingerprint density at radius 3 is 2.42 bits per heavy atom. The number of amides is 2. The molecule has 0 atom stereocenters. The molecule has 0 spiro atoms. The number of nitrogen functional groups attached to an aromatic ring is 1. The van der Waals surface area contributed by atoms with Gasteiger partial charge in [0, 0.05) is 16.6 Å². The molecule has 0 aromatic heterocycles. The van der Waals surface area contributed by atoms with Gasteiger partial charge in [-0.3, -0.25) is 14.5 Å². The molecule has 0 aliphatic carbocycles. The van der Waals surface area contributed by atoms with Crippen LogP contribution < -0.4 is 10.6 Å². The summed E-state index contributed by atoms with van der Waals surface area (Å²) in [7, 11) is 0. The van der Waals surface area contributed by atoms with Gasteiger partial charge in [-0.15, -0.1) is 0 Å². The van der Waals surface area contributed by atoms with Crippen LogP contribution in [0.1, 0.15) is 33.1 Å². The molecule has 0 radical (unpaired) electrons. The molecule has 1 saturated heterocycles. The van der Waals surface area contributed by atoms with E-state index >= 15 is 0 Å². The molecule has 1 aromatic carbocycles. The van der Waals surface area contributed by atoms with Crippen LogP contribution in [0.4, 0.5) is 11.4 Å². The predicted octanol–water partition coefficient (Wildman–Crippen LogP) is 3.10. The molecular formula is C14H17BrN2O2. The van der Waals surface area contributed by atoms with Crippen molar-refractivity contribution in [1.82, 2.24) is 0 Å². The topological polar surface area (TPSA) is 63.4 Å². The van der Waals surface area contributed by atoms with Gasteiger partial charge in [-0.2, -0.15) is 0 Å². The Labute approximate surface area is 121 Å². The summed E-state index contributed by atoms with van der Waals surface area (Å²) < 4.78 is 0.691. The van der Waals surface area contributed by atoms with Gasteiger partial charge in [0.1, 0.15) is 0 Å².